The third-order valence-corrected chi connectivity index (χ3v) is 13.0. The average molecular weight is 853 g/mol. The molecule has 1 N–H and O–H groups in total. The van der Waals surface area contributed by atoms with Crippen molar-refractivity contribution in [1.29, 1.82) is 0 Å². The smallest absolute Gasteiger partial charge is 0.410 e. The minimum absolute atomic E-state index is 0.0746. The number of para-hydroxylation sites is 1. The van der Waals surface area contributed by atoms with Gasteiger partial charge in [-0.3, -0.25) is 19.4 Å². The van der Waals surface area contributed by atoms with E-state index >= 15 is 0 Å². The van der Waals surface area contributed by atoms with Gasteiger partial charge in [-0.2, -0.15) is 0 Å². The molecule has 1 unspecified atom stereocenters. The number of aliphatic hydroxyl groups excluding tert-OH is 1. The molecule has 0 saturated carbocycles. The first-order chi connectivity index (χ1) is 28.7. The number of ketones is 2. The largest absolute Gasteiger partial charge is 0.458 e. The summed E-state index contributed by atoms with van der Waals surface area (Å²) in [4.78, 5) is 64.9. The van der Waals surface area contributed by atoms with E-state index in [0.29, 0.717) is 25.9 Å². The van der Waals surface area contributed by atoms with Crippen LogP contribution in [0, 0.1) is 17.8 Å². The van der Waals surface area contributed by atoms with Crippen molar-refractivity contribution in [3.05, 3.63) is 48.2 Å². The number of aliphatic hydroxyl groups is 1. The number of likely N-dealkylation sites (N-methyl/N-ethyl adjacent to an activating group) is 2. The Bertz CT molecular complexity index is 1840. The maximum absolute atomic E-state index is 14.7. The highest BCUT2D eigenvalue weighted by molar-refractivity contribution is 6.00. The number of fused-ring (bicyclic) bond motifs is 1. The number of nitrogens with zero attached hydrogens (tertiary/aromatic N) is 4. The summed E-state index contributed by atoms with van der Waals surface area (Å²) < 4.78 is 31.7. The van der Waals surface area contributed by atoms with Crippen LogP contribution in [0.3, 0.4) is 0 Å². The number of hydrogen-bond acceptors (Lipinski definition) is 13. The second kappa shape index (κ2) is 21.5. The molecule has 2 aromatic rings. The molecule has 1 aromatic carbocycles. The molecule has 340 valence electrons. The molecular formula is C47H72N4O10. The Kier molecular flexibility index (Phi) is 17.6. The topological polar surface area (TPSA) is 157 Å². The van der Waals surface area contributed by atoms with E-state index in [9.17, 15) is 24.3 Å². The number of benzene rings is 1. The molecule has 0 bridgehead atoms. The Morgan fingerprint density at radius 1 is 1.13 bits per heavy atom. The van der Waals surface area contributed by atoms with Crippen LogP contribution >= 0.6 is 0 Å². The molecule has 1 aromatic heterocycles. The van der Waals surface area contributed by atoms with Crippen molar-refractivity contribution in [2.45, 2.75) is 142 Å². The highest BCUT2D eigenvalue weighted by atomic mass is 16.7. The predicted molar refractivity (Wildman–Crippen MR) is 235 cm³/mol. The molecule has 12 atom stereocenters. The molecule has 61 heavy (non-hydrogen) atoms. The summed E-state index contributed by atoms with van der Waals surface area (Å²) in [5.74, 6) is -4.10. The lowest BCUT2D eigenvalue weighted by atomic mass is 9.78. The Labute approximate surface area is 363 Å². The van der Waals surface area contributed by atoms with Crippen LogP contribution in [-0.2, 0) is 38.1 Å². The zero-order valence-corrected chi connectivity index (χ0v) is 38.8. The standard InChI is InChI=1S/C47H72N4O10/c1-14-39(47(10)34(8)51(45(56)61-47)23-22-50(13)15-2)59-43(55)32(6)40(53)31(5)42(60-44-41(54)38(49(11)12)25-30(4)58-44)46(9,27-29(3)33(7)52)57-24-18-19-35-26-36-20-16-17-21-37(36)48-28-35/h16-21,26,28-32,34,38-39,41-42,44,54H,14-15,22-25,27H2,1-13H3/b19-18+/t29-,30-,31+,32-,34-,38+,39-,41-,42-,44+,46?,47+/m1/s1. The summed E-state index contributed by atoms with van der Waals surface area (Å²) in [7, 11) is 5.72. The van der Waals surface area contributed by atoms with Crippen LogP contribution in [0.1, 0.15) is 94.1 Å². The van der Waals surface area contributed by atoms with Crippen molar-refractivity contribution in [3.63, 3.8) is 0 Å². The molecule has 2 fully saturated rings. The van der Waals surface area contributed by atoms with Gasteiger partial charge in [0.05, 0.1) is 36.0 Å². The third kappa shape index (κ3) is 12.0. The molecule has 2 aliphatic heterocycles. The van der Waals surface area contributed by atoms with Crippen molar-refractivity contribution in [2.75, 3.05) is 47.4 Å². The van der Waals surface area contributed by atoms with Gasteiger partial charge in [0.2, 0.25) is 0 Å². The van der Waals surface area contributed by atoms with E-state index in [4.69, 9.17) is 23.7 Å². The molecule has 1 amide bonds. The fourth-order valence-electron chi connectivity index (χ4n) is 8.56. The highest BCUT2D eigenvalue weighted by Gasteiger charge is 2.55. The van der Waals surface area contributed by atoms with Gasteiger partial charge in [-0.05, 0) is 106 Å². The number of aromatic nitrogens is 1. The van der Waals surface area contributed by atoms with Crippen molar-refractivity contribution in [1.82, 2.24) is 19.7 Å². The van der Waals surface area contributed by atoms with E-state index in [0.717, 1.165) is 23.0 Å². The summed E-state index contributed by atoms with van der Waals surface area (Å²) in [6.45, 7) is 19.7. The van der Waals surface area contributed by atoms with Gasteiger partial charge in [0.1, 0.15) is 23.9 Å². The van der Waals surface area contributed by atoms with Crippen LogP contribution in [0.4, 0.5) is 4.79 Å². The number of hydrogen-bond donors (Lipinski definition) is 1. The van der Waals surface area contributed by atoms with Gasteiger partial charge >= 0.3 is 12.1 Å². The molecule has 14 heteroatoms. The predicted octanol–water partition coefficient (Wildman–Crippen LogP) is 6.16. The van der Waals surface area contributed by atoms with Crippen molar-refractivity contribution in [3.8, 4) is 0 Å². The van der Waals surface area contributed by atoms with E-state index in [1.807, 2.05) is 96.2 Å². The lowest BCUT2D eigenvalue weighted by Gasteiger charge is -2.47. The molecule has 0 radical (unpaired) electrons. The minimum Gasteiger partial charge on any atom is -0.458 e. The third-order valence-electron chi connectivity index (χ3n) is 13.0. The zero-order valence-electron chi connectivity index (χ0n) is 38.8. The van der Waals surface area contributed by atoms with Crippen LogP contribution in [0.2, 0.25) is 0 Å². The SMILES string of the molecule is CC[C@@H](OC(=O)[C@H](C)C(=O)[C@H](C)[C@@H](O[C@@H]1O[C@H](C)C[C@H](N(C)C)[C@H]1O)C(C)(C[C@@H](C)C(C)=O)OC/C=C/c1cnc2ccccc2c1)[C@@]1(C)OC(=O)N(CCN(C)CC)[C@@H]1C. The number of Topliss-reactive ketones (excluding diaryl/α,β-unsaturated/α-hetero) is 2. The molecule has 0 aliphatic carbocycles. The van der Waals surface area contributed by atoms with Gasteiger partial charge in [0.25, 0.3) is 0 Å². The van der Waals surface area contributed by atoms with E-state index in [2.05, 4.69) is 9.88 Å². The van der Waals surface area contributed by atoms with E-state index in [-0.39, 0.29) is 31.0 Å². The van der Waals surface area contributed by atoms with Crippen LogP contribution in [0.5, 0.6) is 0 Å². The number of esters is 1. The fourth-order valence-corrected chi connectivity index (χ4v) is 8.56. The van der Waals surface area contributed by atoms with Crippen LogP contribution in [0.25, 0.3) is 17.0 Å². The Morgan fingerprint density at radius 3 is 2.46 bits per heavy atom. The number of rotatable bonds is 22. The second-order valence-corrected chi connectivity index (χ2v) is 17.9. The summed E-state index contributed by atoms with van der Waals surface area (Å²) in [5, 5.41) is 12.6. The maximum atomic E-state index is 14.7. The van der Waals surface area contributed by atoms with Crippen molar-refractivity contribution < 1.29 is 48.0 Å². The first kappa shape index (κ1) is 49.9. The van der Waals surface area contributed by atoms with Gasteiger partial charge in [-0.1, -0.05) is 58.0 Å². The molecular weight excluding hydrogens is 781 g/mol. The number of cyclic esters (lactones) is 1. The van der Waals surface area contributed by atoms with E-state index in [1.165, 1.54) is 13.8 Å². The highest BCUT2D eigenvalue weighted by Crippen LogP contribution is 2.38. The molecule has 4 rings (SSSR count). The van der Waals surface area contributed by atoms with Gasteiger partial charge in [-0.25, -0.2) is 4.79 Å². The van der Waals surface area contributed by atoms with Gasteiger partial charge < -0.3 is 43.5 Å². The molecule has 2 saturated heterocycles. The van der Waals surface area contributed by atoms with Gasteiger partial charge in [0, 0.05) is 42.6 Å². The Hall–Kier alpha value is -3.79. The van der Waals surface area contributed by atoms with Crippen molar-refractivity contribution >= 4 is 40.6 Å². The van der Waals surface area contributed by atoms with E-state index < -0.39 is 77.4 Å². The number of carbonyl (C=O) groups excluding carboxylic acids is 4. The quantitative estimate of drug-likeness (QED) is 0.106. The number of carbonyl (C=O) groups is 4. The summed E-state index contributed by atoms with van der Waals surface area (Å²) >= 11 is 0. The molecule has 2 aliphatic rings. The Morgan fingerprint density at radius 2 is 1.82 bits per heavy atom. The number of ether oxygens (including phenoxy) is 5. The summed E-state index contributed by atoms with van der Waals surface area (Å²) in [6.07, 6.45) is 1.61. The van der Waals surface area contributed by atoms with Crippen molar-refractivity contribution in [2.24, 2.45) is 17.8 Å². The van der Waals surface area contributed by atoms with Crippen LogP contribution in [-0.4, -0.2) is 150 Å². The van der Waals surface area contributed by atoms with Gasteiger partial charge in [0.15, 0.2) is 17.7 Å². The summed E-state index contributed by atoms with van der Waals surface area (Å²) in [5.41, 5.74) is -0.725. The van der Waals surface area contributed by atoms with Crippen LogP contribution in [0.15, 0.2) is 42.6 Å². The Balaban J connectivity index is 1.64. The number of amides is 1. The van der Waals surface area contributed by atoms with Crippen LogP contribution < -0.4 is 0 Å². The molecule has 0 spiro atoms. The maximum Gasteiger partial charge on any atom is 0.410 e. The summed E-state index contributed by atoms with van der Waals surface area (Å²) in [6, 6.07) is 9.14. The second-order valence-electron chi connectivity index (χ2n) is 17.9. The first-order valence-electron chi connectivity index (χ1n) is 21.9. The average Bonchev–Trinajstić information content (AvgIpc) is 3.45. The lowest BCUT2D eigenvalue weighted by molar-refractivity contribution is -0.296. The molecule has 14 nitrogen and oxygen atoms in total. The first-order valence-corrected chi connectivity index (χ1v) is 21.9. The van der Waals surface area contributed by atoms with Gasteiger partial charge in [-0.15, -0.1) is 0 Å². The fraction of sp³-hybridized carbons (Fsp3) is 0.681. The lowest BCUT2D eigenvalue weighted by Crippen LogP contribution is -2.59. The monoisotopic (exact) mass is 853 g/mol. The number of pyridine rings is 1. The van der Waals surface area contributed by atoms with E-state index in [1.54, 1.807) is 38.8 Å². The zero-order chi connectivity index (χ0) is 45.4. The molecule has 3 heterocycles. The minimum atomic E-state index is -1.31. The normalized spacial score (nSPS) is 26.9.